The summed E-state index contributed by atoms with van der Waals surface area (Å²) in [5.74, 6) is -0.379. The van der Waals surface area contributed by atoms with Gasteiger partial charge in [-0.2, -0.15) is 0 Å². The maximum Gasteiger partial charge on any atom is 0.240 e. The van der Waals surface area contributed by atoms with Crippen molar-refractivity contribution in [1.82, 2.24) is 5.32 Å². The fraction of sp³-hybridized carbons (Fsp3) is 0.889. The van der Waals surface area contributed by atoms with E-state index < -0.39 is 5.54 Å². The molecule has 4 heteroatoms. The van der Waals surface area contributed by atoms with Crippen LogP contribution in [0.15, 0.2) is 0 Å². The van der Waals surface area contributed by atoms with Crippen molar-refractivity contribution < 1.29 is 9.53 Å². The largest absolute Gasteiger partial charge is 0.379 e. The third kappa shape index (κ3) is 2.97. The number of nitrogens with one attached hydrogen (secondary N) is 1. The number of methoxy groups -OCH3 is 1. The summed E-state index contributed by atoms with van der Waals surface area (Å²) in [5.41, 5.74) is 4.53. The fourth-order valence-electron chi connectivity index (χ4n) is 1.05. The van der Waals surface area contributed by atoms with Crippen LogP contribution in [-0.4, -0.2) is 31.2 Å². The van der Waals surface area contributed by atoms with Crippen molar-refractivity contribution in [2.45, 2.75) is 38.8 Å². The Morgan fingerprint density at radius 2 is 2.23 bits per heavy atom. The predicted octanol–water partition coefficient (Wildman–Crippen LogP) is 0.265. The quantitative estimate of drug-likeness (QED) is 0.628. The van der Waals surface area contributed by atoms with Gasteiger partial charge in [0.2, 0.25) is 5.91 Å². The molecule has 13 heavy (non-hydrogen) atoms. The van der Waals surface area contributed by atoms with E-state index in [4.69, 9.17) is 10.5 Å². The molecule has 0 heterocycles. The molecule has 0 bridgehead atoms. The Morgan fingerprint density at radius 3 is 2.54 bits per heavy atom. The summed E-state index contributed by atoms with van der Waals surface area (Å²) in [4.78, 5) is 11.2. The molecule has 0 aromatic carbocycles. The third-order valence-corrected chi connectivity index (χ3v) is 2.42. The van der Waals surface area contributed by atoms with Crippen molar-refractivity contribution in [3.8, 4) is 0 Å². The van der Waals surface area contributed by atoms with Gasteiger partial charge in [-0.05, 0) is 26.8 Å². The molecular formula is C9H20N2O2. The van der Waals surface area contributed by atoms with Crippen LogP contribution in [0, 0.1) is 0 Å². The van der Waals surface area contributed by atoms with E-state index >= 15 is 0 Å². The summed E-state index contributed by atoms with van der Waals surface area (Å²) in [6, 6.07) is 0. The van der Waals surface area contributed by atoms with E-state index in [1.807, 2.05) is 13.8 Å². The molecule has 4 nitrogen and oxygen atoms in total. The van der Waals surface area contributed by atoms with E-state index in [1.165, 1.54) is 0 Å². The van der Waals surface area contributed by atoms with Gasteiger partial charge in [-0.1, -0.05) is 6.92 Å². The van der Waals surface area contributed by atoms with Gasteiger partial charge in [-0.15, -0.1) is 0 Å². The first-order valence-electron chi connectivity index (χ1n) is 4.56. The molecule has 0 spiro atoms. The molecule has 0 rings (SSSR count). The number of primary amides is 1. The summed E-state index contributed by atoms with van der Waals surface area (Å²) < 4.78 is 5.11. The lowest BCUT2D eigenvalue weighted by Gasteiger charge is -2.32. The zero-order valence-corrected chi connectivity index (χ0v) is 8.89. The predicted molar refractivity (Wildman–Crippen MR) is 52.4 cm³/mol. The number of carbonyl (C=O) groups excluding carboxylic acids is 1. The van der Waals surface area contributed by atoms with Gasteiger partial charge in [0.1, 0.15) is 5.54 Å². The summed E-state index contributed by atoms with van der Waals surface area (Å²) >= 11 is 0. The maximum absolute atomic E-state index is 11.2. The normalized spacial score (nSPS) is 17.8. The molecule has 2 atom stereocenters. The van der Waals surface area contributed by atoms with Crippen LogP contribution in [0.5, 0.6) is 0 Å². The van der Waals surface area contributed by atoms with Crippen LogP contribution < -0.4 is 11.1 Å². The molecule has 0 saturated heterocycles. The number of amides is 1. The van der Waals surface area contributed by atoms with E-state index in [1.54, 1.807) is 14.0 Å². The maximum atomic E-state index is 11.2. The lowest BCUT2D eigenvalue weighted by atomic mass is 9.94. The Kier molecular flexibility index (Phi) is 4.95. The minimum Gasteiger partial charge on any atom is -0.379 e. The average Bonchev–Trinajstić information content (AvgIpc) is 2.12. The highest BCUT2D eigenvalue weighted by Crippen LogP contribution is 2.12. The van der Waals surface area contributed by atoms with Gasteiger partial charge in [0, 0.05) is 7.11 Å². The van der Waals surface area contributed by atoms with Crippen LogP contribution in [0.25, 0.3) is 0 Å². The van der Waals surface area contributed by atoms with Crippen molar-refractivity contribution in [2.24, 2.45) is 5.73 Å². The third-order valence-electron chi connectivity index (χ3n) is 2.42. The van der Waals surface area contributed by atoms with Gasteiger partial charge in [0.05, 0.1) is 6.10 Å². The molecule has 0 saturated carbocycles. The molecule has 78 valence electrons. The highest BCUT2D eigenvalue weighted by atomic mass is 16.5. The Labute approximate surface area is 79.8 Å². The van der Waals surface area contributed by atoms with E-state index in [9.17, 15) is 4.79 Å². The number of carbonyl (C=O) groups is 1. The lowest BCUT2D eigenvalue weighted by Crippen LogP contribution is -2.60. The van der Waals surface area contributed by atoms with Gasteiger partial charge < -0.3 is 15.8 Å². The van der Waals surface area contributed by atoms with Gasteiger partial charge in [-0.25, -0.2) is 0 Å². The molecule has 0 radical (unpaired) electrons. The second kappa shape index (κ2) is 5.19. The van der Waals surface area contributed by atoms with Crippen molar-refractivity contribution in [2.75, 3.05) is 13.7 Å². The van der Waals surface area contributed by atoms with E-state index in [0.29, 0.717) is 0 Å². The van der Waals surface area contributed by atoms with E-state index in [-0.39, 0.29) is 12.0 Å². The summed E-state index contributed by atoms with van der Waals surface area (Å²) in [6.07, 6.45) is 0.732. The Bertz CT molecular complexity index is 173. The van der Waals surface area contributed by atoms with Crippen molar-refractivity contribution in [3.63, 3.8) is 0 Å². The van der Waals surface area contributed by atoms with E-state index in [2.05, 4.69) is 5.32 Å². The number of nitrogens with two attached hydrogens (primary N) is 1. The first-order chi connectivity index (χ1) is 5.99. The number of ether oxygens (including phenoxy) is 1. The molecule has 0 aromatic heterocycles. The standard InChI is InChI=1S/C9H20N2O2/c1-5-6-11-9(3,8(10)12)7(2)13-4/h7,11H,5-6H2,1-4H3,(H2,10,12). The smallest absolute Gasteiger partial charge is 0.240 e. The molecule has 0 aliphatic rings. The van der Waals surface area contributed by atoms with Crippen LogP contribution in [0.3, 0.4) is 0 Å². The Balaban J connectivity index is 4.42. The molecular weight excluding hydrogens is 168 g/mol. The van der Waals surface area contributed by atoms with Crippen LogP contribution in [0.2, 0.25) is 0 Å². The molecule has 1 amide bonds. The van der Waals surface area contributed by atoms with Gasteiger partial charge in [-0.3, -0.25) is 4.79 Å². The first-order valence-corrected chi connectivity index (χ1v) is 4.56. The monoisotopic (exact) mass is 188 g/mol. The minimum absolute atomic E-state index is 0.225. The van der Waals surface area contributed by atoms with Crippen LogP contribution >= 0.6 is 0 Å². The molecule has 0 aromatic rings. The molecule has 2 unspecified atom stereocenters. The van der Waals surface area contributed by atoms with Crippen molar-refractivity contribution in [3.05, 3.63) is 0 Å². The Morgan fingerprint density at radius 1 is 1.69 bits per heavy atom. The van der Waals surface area contributed by atoms with Crippen molar-refractivity contribution >= 4 is 5.91 Å². The minimum atomic E-state index is -0.773. The van der Waals surface area contributed by atoms with Gasteiger partial charge in [0.25, 0.3) is 0 Å². The number of hydrogen-bond donors (Lipinski definition) is 2. The molecule has 0 aliphatic heterocycles. The van der Waals surface area contributed by atoms with Crippen molar-refractivity contribution in [1.29, 1.82) is 0 Å². The number of hydrogen-bond acceptors (Lipinski definition) is 3. The zero-order chi connectivity index (χ0) is 10.5. The van der Waals surface area contributed by atoms with Gasteiger partial charge in [0.15, 0.2) is 0 Å². The average molecular weight is 188 g/mol. The Hall–Kier alpha value is -0.610. The fourth-order valence-corrected chi connectivity index (χ4v) is 1.05. The van der Waals surface area contributed by atoms with E-state index in [0.717, 1.165) is 13.0 Å². The van der Waals surface area contributed by atoms with Crippen LogP contribution in [-0.2, 0) is 9.53 Å². The summed E-state index contributed by atoms with van der Waals surface area (Å²) in [5, 5.41) is 3.10. The van der Waals surface area contributed by atoms with Gasteiger partial charge >= 0.3 is 0 Å². The highest BCUT2D eigenvalue weighted by Gasteiger charge is 2.36. The SMILES string of the molecule is CCCNC(C)(C(N)=O)C(C)OC. The molecule has 0 fully saturated rings. The van der Waals surface area contributed by atoms with Crippen LogP contribution in [0.1, 0.15) is 27.2 Å². The highest BCUT2D eigenvalue weighted by molar-refractivity contribution is 5.84. The first kappa shape index (κ1) is 12.4. The second-order valence-corrected chi connectivity index (χ2v) is 3.37. The summed E-state index contributed by atoms with van der Waals surface area (Å²) in [6.45, 7) is 6.38. The zero-order valence-electron chi connectivity index (χ0n) is 8.89. The second-order valence-electron chi connectivity index (χ2n) is 3.37. The molecule has 3 N–H and O–H groups in total. The topological polar surface area (TPSA) is 64.3 Å². The summed E-state index contributed by atoms with van der Waals surface area (Å²) in [7, 11) is 1.57. The number of rotatable bonds is 6. The molecule has 0 aliphatic carbocycles. The lowest BCUT2D eigenvalue weighted by molar-refractivity contribution is -0.128. The van der Waals surface area contributed by atoms with Crippen LogP contribution in [0.4, 0.5) is 0 Å².